The second-order valence-electron chi connectivity index (χ2n) is 4.88. The summed E-state index contributed by atoms with van der Waals surface area (Å²) in [5.41, 5.74) is 0. The van der Waals surface area contributed by atoms with Crippen LogP contribution in [0.25, 0.3) is 0 Å². The molecule has 0 aromatic rings. The first-order chi connectivity index (χ1) is 6.82. The van der Waals surface area contributed by atoms with Crippen LogP contribution in [0.2, 0.25) is 0 Å². The molecule has 2 atom stereocenters. The molecule has 0 rings (SSSR count). The van der Waals surface area contributed by atoms with E-state index in [1.807, 2.05) is 27.7 Å². The Morgan fingerprint density at radius 3 is 1.93 bits per heavy atom. The van der Waals surface area contributed by atoms with E-state index < -0.39 is 6.16 Å². The predicted octanol–water partition coefficient (Wildman–Crippen LogP) is 3.62. The first-order valence-corrected chi connectivity index (χ1v) is 5.70. The summed E-state index contributed by atoms with van der Waals surface area (Å²) >= 11 is 0. The lowest BCUT2D eigenvalue weighted by atomic mass is 10.1. The van der Waals surface area contributed by atoms with Crippen molar-refractivity contribution < 1.29 is 14.3 Å². The van der Waals surface area contributed by atoms with Gasteiger partial charge in [-0.25, -0.2) is 4.79 Å². The summed E-state index contributed by atoms with van der Waals surface area (Å²) in [6, 6.07) is 0. The number of hydrogen-bond donors (Lipinski definition) is 0. The van der Waals surface area contributed by atoms with Crippen molar-refractivity contribution in [2.45, 2.75) is 60.2 Å². The monoisotopic (exact) mass is 216 g/mol. The molecule has 0 N–H and O–H groups in total. The van der Waals surface area contributed by atoms with E-state index in [9.17, 15) is 4.79 Å². The molecule has 0 amide bonds. The highest BCUT2D eigenvalue weighted by atomic mass is 16.7. The molecular formula is C12H24O3. The van der Waals surface area contributed by atoms with Crippen molar-refractivity contribution >= 4 is 6.16 Å². The number of carbonyl (C=O) groups is 1. The van der Waals surface area contributed by atoms with Gasteiger partial charge in [-0.3, -0.25) is 0 Å². The summed E-state index contributed by atoms with van der Waals surface area (Å²) in [6.45, 7) is 12.0. The highest BCUT2D eigenvalue weighted by Crippen LogP contribution is 2.11. The van der Waals surface area contributed by atoms with Crippen LogP contribution < -0.4 is 0 Å². The van der Waals surface area contributed by atoms with Gasteiger partial charge in [-0.2, -0.15) is 0 Å². The maximum Gasteiger partial charge on any atom is 0.508 e. The van der Waals surface area contributed by atoms with Gasteiger partial charge in [0.2, 0.25) is 0 Å². The number of carbonyl (C=O) groups excluding carboxylic acids is 1. The molecule has 0 radical (unpaired) electrons. The third-order valence-electron chi connectivity index (χ3n) is 2.32. The SMILES string of the molecule is CC(C)CC(C)OC(=O)OC(C)C(C)C. The standard InChI is InChI=1S/C12H24O3/c1-8(2)7-10(5)14-12(13)15-11(6)9(3)4/h8-11H,7H2,1-6H3. The van der Waals surface area contributed by atoms with Gasteiger partial charge < -0.3 is 9.47 Å². The van der Waals surface area contributed by atoms with Gasteiger partial charge in [0, 0.05) is 0 Å². The van der Waals surface area contributed by atoms with Crippen LogP contribution in [0, 0.1) is 11.8 Å². The Kier molecular flexibility index (Phi) is 6.37. The third-order valence-corrected chi connectivity index (χ3v) is 2.32. The average molecular weight is 216 g/mol. The summed E-state index contributed by atoms with van der Waals surface area (Å²) < 4.78 is 10.2. The van der Waals surface area contributed by atoms with Crippen LogP contribution in [0.1, 0.15) is 48.0 Å². The van der Waals surface area contributed by atoms with E-state index in [1.165, 1.54) is 0 Å². The molecule has 0 aliphatic rings. The van der Waals surface area contributed by atoms with Gasteiger partial charge in [0.05, 0.1) is 0 Å². The lowest BCUT2D eigenvalue weighted by Gasteiger charge is -2.19. The van der Waals surface area contributed by atoms with Crippen molar-refractivity contribution in [2.24, 2.45) is 11.8 Å². The van der Waals surface area contributed by atoms with Crippen LogP contribution in [0.4, 0.5) is 4.79 Å². The Balaban J connectivity index is 3.83. The Morgan fingerprint density at radius 2 is 1.53 bits per heavy atom. The van der Waals surface area contributed by atoms with Crippen LogP contribution in [-0.2, 0) is 9.47 Å². The second kappa shape index (κ2) is 6.70. The van der Waals surface area contributed by atoms with Gasteiger partial charge in [-0.15, -0.1) is 0 Å². The van der Waals surface area contributed by atoms with Crippen molar-refractivity contribution in [2.75, 3.05) is 0 Å². The van der Waals surface area contributed by atoms with Gasteiger partial charge in [0.15, 0.2) is 0 Å². The van der Waals surface area contributed by atoms with E-state index >= 15 is 0 Å². The van der Waals surface area contributed by atoms with Crippen molar-refractivity contribution in [3.8, 4) is 0 Å². The molecule has 0 saturated heterocycles. The van der Waals surface area contributed by atoms with Crippen LogP contribution in [0.15, 0.2) is 0 Å². The van der Waals surface area contributed by atoms with E-state index in [1.54, 1.807) is 0 Å². The normalized spacial score (nSPS) is 15.2. The van der Waals surface area contributed by atoms with E-state index in [2.05, 4.69) is 13.8 Å². The zero-order chi connectivity index (χ0) is 12.0. The third kappa shape index (κ3) is 7.23. The summed E-state index contributed by atoms with van der Waals surface area (Å²) in [5, 5.41) is 0. The molecule has 2 unspecified atom stereocenters. The predicted molar refractivity (Wildman–Crippen MR) is 60.8 cm³/mol. The van der Waals surface area contributed by atoms with E-state index in [0.29, 0.717) is 11.8 Å². The maximum absolute atomic E-state index is 11.3. The smallest absolute Gasteiger partial charge is 0.431 e. The van der Waals surface area contributed by atoms with Gasteiger partial charge in [0.1, 0.15) is 12.2 Å². The number of hydrogen-bond acceptors (Lipinski definition) is 3. The second-order valence-corrected chi connectivity index (χ2v) is 4.88. The lowest BCUT2D eigenvalue weighted by molar-refractivity contribution is -0.00819. The summed E-state index contributed by atoms with van der Waals surface area (Å²) in [7, 11) is 0. The summed E-state index contributed by atoms with van der Waals surface area (Å²) in [6.07, 6.45) is 0.149. The first-order valence-electron chi connectivity index (χ1n) is 5.70. The Hall–Kier alpha value is -0.730. The molecule has 3 nitrogen and oxygen atoms in total. The first kappa shape index (κ1) is 14.3. The van der Waals surface area contributed by atoms with Gasteiger partial charge in [0.25, 0.3) is 0 Å². The largest absolute Gasteiger partial charge is 0.508 e. The molecule has 0 aliphatic heterocycles. The quantitative estimate of drug-likeness (QED) is 0.658. The number of rotatable bonds is 5. The van der Waals surface area contributed by atoms with Crippen LogP contribution >= 0.6 is 0 Å². The van der Waals surface area contributed by atoms with Crippen LogP contribution in [-0.4, -0.2) is 18.4 Å². The average Bonchev–Trinajstić information content (AvgIpc) is 2.00. The topological polar surface area (TPSA) is 35.5 Å². The molecule has 0 heterocycles. The van der Waals surface area contributed by atoms with Crippen molar-refractivity contribution in [1.29, 1.82) is 0 Å². The highest BCUT2D eigenvalue weighted by molar-refractivity contribution is 5.60. The maximum atomic E-state index is 11.3. The molecule has 0 spiro atoms. The van der Waals surface area contributed by atoms with Crippen molar-refractivity contribution in [3.05, 3.63) is 0 Å². The van der Waals surface area contributed by atoms with Crippen molar-refractivity contribution in [1.82, 2.24) is 0 Å². The molecule has 0 fully saturated rings. The van der Waals surface area contributed by atoms with Gasteiger partial charge in [-0.05, 0) is 32.1 Å². The minimum atomic E-state index is -0.552. The molecule has 15 heavy (non-hydrogen) atoms. The minimum Gasteiger partial charge on any atom is -0.431 e. The molecule has 90 valence electrons. The molecule has 0 bridgehead atoms. The fraction of sp³-hybridized carbons (Fsp3) is 0.917. The minimum absolute atomic E-state index is 0.0723. The molecule has 0 saturated carbocycles. The molecule has 0 aliphatic carbocycles. The van der Waals surface area contributed by atoms with E-state index in [0.717, 1.165) is 6.42 Å². The Morgan fingerprint density at radius 1 is 1.00 bits per heavy atom. The summed E-state index contributed by atoms with van der Waals surface area (Å²) in [5.74, 6) is 0.841. The number of ether oxygens (including phenoxy) is 2. The fourth-order valence-electron chi connectivity index (χ4n) is 1.19. The molecule has 0 aromatic heterocycles. The Labute approximate surface area is 93.1 Å². The lowest BCUT2D eigenvalue weighted by Crippen LogP contribution is -2.24. The van der Waals surface area contributed by atoms with E-state index in [4.69, 9.17) is 9.47 Å². The van der Waals surface area contributed by atoms with E-state index in [-0.39, 0.29) is 12.2 Å². The van der Waals surface area contributed by atoms with Gasteiger partial charge in [-0.1, -0.05) is 27.7 Å². The Bertz CT molecular complexity index is 187. The van der Waals surface area contributed by atoms with Crippen LogP contribution in [0.5, 0.6) is 0 Å². The zero-order valence-corrected chi connectivity index (χ0v) is 10.7. The fourth-order valence-corrected chi connectivity index (χ4v) is 1.19. The molecule has 0 aromatic carbocycles. The van der Waals surface area contributed by atoms with Gasteiger partial charge >= 0.3 is 6.16 Å². The van der Waals surface area contributed by atoms with Crippen molar-refractivity contribution in [3.63, 3.8) is 0 Å². The highest BCUT2D eigenvalue weighted by Gasteiger charge is 2.17. The van der Waals surface area contributed by atoms with Crippen LogP contribution in [0.3, 0.4) is 0 Å². The zero-order valence-electron chi connectivity index (χ0n) is 10.7. The molecule has 3 heteroatoms. The summed E-state index contributed by atoms with van der Waals surface area (Å²) in [4.78, 5) is 11.3. The molecular weight excluding hydrogens is 192 g/mol.